The standard InChI is InChI=1S/C12H18N2O2/c1-7(2)6-14-9(4)5-8(3)10(11(13)15)12(14)16/h5,7H,6H2,1-4H3,(H2,13,15). The van der Waals surface area contributed by atoms with E-state index in [-0.39, 0.29) is 11.1 Å². The number of nitrogens with two attached hydrogens (primary N) is 1. The first-order valence-corrected chi connectivity index (χ1v) is 5.35. The van der Waals surface area contributed by atoms with Crippen molar-refractivity contribution in [2.24, 2.45) is 11.7 Å². The Bertz CT molecular complexity index is 473. The number of pyridine rings is 1. The monoisotopic (exact) mass is 222 g/mol. The summed E-state index contributed by atoms with van der Waals surface area (Å²) in [5, 5.41) is 0. The molecule has 4 heteroatoms. The summed E-state index contributed by atoms with van der Waals surface area (Å²) in [6, 6.07) is 1.82. The van der Waals surface area contributed by atoms with E-state index in [0.717, 1.165) is 5.69 Å². The van der Waals surface area contributed by atoms with Gasteiger partial charge in [-0.15, -0.1) is 0 Å². The molecule has 88 valence electrons. The maximum absolute atomic E-state index is 12.0. The summed E-state index contributed by atoms with van der Waals surface area (Å²) in [5.74, 6) is -0.306. The molecule has 16 heavy (non-hydrogen) atoms. The van der Waals surface area contributed by atoms with Gasteiger partial charge in [-0.25, -0.2) is 0 Å². The molecule has 0 saturated heterocycles. The third kappa shape index (κ3) is 2.32. The molecule has 0 spiro atoms. The van der Waals surface area contributed by atoms with Crippen LogP contribution in [-0.4, -0.2) is 10.5 Å². The first kappa shape index (κ1) is 12.5. The predicted molar refractivity (Wildman–Crippen MR) is 63.5 cm³/mol. The van der Waals surface area contributed by atoms with Crippen LogP contribution in [0.3, 0.4) is 0 Å². The minimum atomic E-state index is -0.653. The smallest absolute Gasteiger partial charge is 0.263 e. The molecule has 1 amide bonds. The lowest BCUT2D eigenvalue weighted by Crippen LogP contribution is -2.33. The van der Waals surface area contributed by atoms with Gasteiger partial charge in [0, 0.05) is 12.2 Å². The number of hydrogen-bond acceptors (Lipinski definition) is 2. The maximum atomic E-state index is 12.0. The second kappa shape index (κ2) is 4.51. The van der Waals surface area contributed by atoms with E-state index >= 15 is 0 Å². The Morgan fingerprint density at radius 1 is 1.44 bits per heavy atom. The molecule has 0 atom stereocenters. The predicted octanol–water partition coefficient (Wildman–Crippen LogP) is 1.22. The number of aryl methyl sites for hydroxylation is 2. The van der Waals surface area contributed by atoms with E-state index < -0.39 is 5.91 Å². The van der Waals surface area contributed by atoms with Crippen molar-refractivity contribution >= 4 is 5.91 Å². The largest absolute Gasteiger partial charge is 0.365 e. The van der Waals surface area contributed by atoms with Gasteiger partial charge in [-0.2, -0.15) is 0 Å². The third-order valence-corrected chi connectivity index (χ3v) is 2.50. The van der Waals surface area contributed by atoms with Crippen LogP contribution in [0, 0.1) is 19.8 Å². The van der Waals surface area contributed by atoms with Gasteiger partial charge in [0.1, 0.15) is 5.56 Å². The highest BCUT2D eigenvalue weighted by Crippen LogP contribution is 2.07. The molecule has 1 heterocycles. The van der Waals surface area contributed by atoms with Gasteiger partial charge in [-0.3, -0.25) is 9.59 Å². The van der Waals surface area contributed by atoms with Crippen molar-refractivity contribution in [1.29, 1.82) is 0 Å². The number of primary amides is 1. The van der Waals surface area contributed by atoms with E-state index in [4.69, 9.17) is 5.73 Å². The Balaban J connectivity index is 3.45. The molecule has 1 rings (SSSR count). The fraction of sp³-hybridized carbons (Fsp3) is 0.500. The van der Waals surface area contributed by atoms with Gasteiger partial charge in [0.2, 0.25) is 0 Å². The molecule has 0 unspecified atom stereocenters. The minimum absolute atomic E-state index is 0.103. The second-order valence-corrected chi connectivity index (χ2v) is 4.52. The van der Waals surface area contributed by atoms with Crippen LogP contribution in [-0.2, 0) is 6.54 Å². The summed E-state index contributed by atoms with van der Waals surface area (Å²) in [6.07, 6.45) is 0. The fourth-order valence-corrected chi connectivity index (χ4v) is 1.82. The van der Waals surface area contributed by atoms with Crippen molar-refractivity contribution in [3.8, 4) is 0 Å². The Morgan fingerprint density at radius 2 is 2.00 bits per heavy atom. The highest BCUT2D eigenvalue weighted by molar-refractivity contribution is 5.93. The van der Waals surface area contributed by atoms with Crippen LogP contribution in [0.4, 0.5) is 0 Å². The summed E-state index contributed by atoms with van der Waals surface area (Å²) in [6.45, 7) is 8.24. The lowest BCUT2D eigenvalue weighted by atomic mass is 10.1. The van der Waals surface area contributed by atoms with Gasteiger partial charge < -0.3 is 10.3 Å². The Hall–Kier alpha value is -1.58. The molecule has 0 radical (unpaired) electrons. The number of carbonyl (C=O) groups is 1. The van der Waals surface area contributed by atoms with Gasteiger partial charge in [-0.1, -0.05) is 13.8 Å². The molecule has 0 saturated carbocycles. The zero-order chi connectivity index (χ0) is 12.5. The molecule has 2 N–H and O–H groups in total. The minimum Gasteiger partial charge on any atom is -0.365 e. The molecule has 0 aliphatic rings. The van der Waals surface area contributed by atoms with Crippen molar-refractivity contribution in [1.82, 2.24) is 4.57 Å². The first-order chi connectivity index (χ1) is 7.34. The second-order valence-electron chi connectivity index (χ2n) is 4.52. The Kier molecular flexibility index (Phi) is 3.52. The van der Waals surface area contributed by atoms with Crippen LogP contribution in [0.5, 0.6) is 0 Å². The third-order valence-electron chi connectivity index (χ3n) is 2.50. The Labute approximate surface area is 95.1 Å². The van der Waals surface area contributed by atoms with Gasteiger partial charge in [0.05, 0.1) is 0 Å². The summed E-state index contributed by atoms with van der Waals surface area (Å²) >= 11 is 0. The average molecular weight is 222 g/mol. The first-order valence-electron chi connectivity index (χ1n) is 5.35. The molecular formula is C12H18N2O2. The topological polar surface area (TPSA) is 65.1 Å². The number of nitrogens with zero attached hydrogens (tertiary/aromatic N) is 1. The fourth-order valence-electron chi connectivity index (χ4n) is 1.82. The summed E-state index contributed by atoms with van der Waals surface area (Å²) < 4.78 is 1.61. The van der Waals surface area contributed by atoms with Gasteiger partial charge in [0.25, 0.3) is 11.5 Å². The number of hydrogen-bond donors (Lipinski definition) is 1. The van der Waals surface area contributed by atoms with Gasteiger partial charge in [0.15, 0.2) is 0 Å². The highest BCUT2D eigenvalue weighted by atomic mass is 16.2. The summed E-state index contributed by atoms with van der Waals surface area (Å²) in [7, 11) is 0. The zero-order valence-electron chi connectivity index (χ0n) is 10.2. The van der Waals surface area contributed by atoms with Crippen LogP contribution in [0.1, 0.15) is 35.5 Å². The van der Waals surface area contributed by atoms with Crippen molar-refractivity contribution in [3.63, 3.8) is 0 Å². The van der Waals surface area contributed by atoms with Crippen molar-refractivity contribution in [2.45, 2.75) is 34.2 Å². The lowest BCUT2D eigenvalue weighted by Gasteiger charge is -2.14. The van der Waals surface area contributed by atoms with Crippen molar-refractivity contribution in [2.75, 3.05) is 0 Å². The summed E-state index contributed by atoms with van der Waals surface area (Å²) in [4.78, 5) is 23.3. The van der Waals surface area contributed by atoms with Crippen molar-refractivity contribution < 1.29 is 4.79 Å². The van der Waals surface area contributed by atoms with Crippen molar-refractivity contribution in [3.05, 3.63) is 33.2 Å². The van der Waals surface area contributed by atoms with Crippen LogP contribution in [0.2, 0.25) is 0 Å². The van der Waals surface area contributed by atoms with Crippen LogP contribution < -0.4 is 11.3 Å². The van der Waals surface area contributed by atoms with E-state index in [1.807, 2.05) is 26.8 Å². The normalized spacial score (nSPS) is 10.8. The molecule has 1 aromatic rings. The average Bonchev–Trinajstić information content (AvgIpc) is 2.10. The molecular weight excluding hydrogens is 204 g/mol. The molecule has 0 bridgehead atoms. The Morgan fingerprint density at radius 3 is 2.44 bits per heavy atom. The maximum Gasteiger partial charge on any atom is 0.263 e. The summed E-state index contributed by atoms with van der Waals surface area (Å²) in [5.41, 5.74) is 6.55. The molecule has 0 aliphatic heterocycles. The highest BCUT2D eigenvalue weighted by Gasteiger charge is 2.15. The number of aromatic nitrogens is 1. The van der Waals surface area contributed by atoms with E-state index in [0.29, 0.717) is 18.0 Å². The molecule has 0 fully saturated rings. The van der Waals surface area contributed by atoms with E-state index in [9.17, 15) is 9.59 Å². The van der Waals surface area contributed by atoms with Crippen LogP contribution >= 0.6 is 0 Å². The molecule has 0 aromatic carbocycles. The van der Waals surface area contributed by atoms with E-state index in [1.165, 1.54) is 0 Å². The zero-order valence-corrected chi connectivity index (χ0v) is 10.2. The SMILES string of the molecule is Cc1cc(C)n(CC(C)C)c(=O)c1C(N)=O. The van der Waals surface area contributed by atoms with E-state index in [1.54, 1.807) is 11.5 Å². The van der Waals surface area contributed by atoms with Crippen LogP contribution in [0.25, 0.3) is 0 Å². The van der Waals surface area contributed by atoms with E-state index in [2.05, 4.69) is 0 Å². The van der Waals surface area contributed by atoms with Crippen LogP contribution in [0.15, 0.2) is 10.9 Å². The molecule has 0 aliphatic carbocycles. The molecule has 1 aromatic heterocycles. The number of carbonyl (C=O) groups excluding carboxylic acids is 1. The number of rotatable bonds is 3. The van der Waals surface area contributed by atoms with Gasteiger partial charge >= 0.3 is 0 Å². The number of amides is 1. The van der Waals surface area contributed by atoms with Gasteiger partial charge in [-0.05, 0) is 31.4 Å². The molecule has 4 nitrogen and oxygen atoms in total. The lowest BCUT2D eigenvalue weighted by molar-refractivity contribution is 0.0997. The quantitative estimate of drug-likeness (QED) is 0.835.